The Hall–Kier alpha value is -6.49. The van der Waals surface area contributed by atoms with E-state index in [1.807, 2.05) is 48.5 Å². The van der Waals surface area contributed by atoms with E-state index in [0.29, 0.717) is 11.3 Å². The van der Waals surface area contributed by atoms with Gasteiger partial charge >= 0.3 is 12.1 Å². The van der Waals surface area contributed by atoms with Gasteiger partial charge in [-0.1, -0.05) is 74.5 Å². The molecule has 0 heterocycles. The van der Waals surface area contributed by atoms with Crippen LogP contribution in [0.4, 0.5) is 15.3 Å². The number of benzene rings is 3. The number of fused-ring (bicyclic) bond motifs is 3. The molecule has 1 aliphatic rings. The Kier molecular flexibility index (Phi) is 15.7. The second-order valence-electron chi connectivity index (χ2n) is 13.4. The van der Waals surface area contributed by atoms with Crippen molar-refractivity contribution in [2.45, 2.75) is 51.3 Å². The number of carbonyl (C=O) groups is 7. The highest BCUT2D eigenvalue weighted by Gasteiger charge is 2.30. The minimum atomic E-state index is -1.09. The molecule has 0 fully saturated rings. The molecule has 3 aromatic carbocycles. The van der Waals surface area contributed by atoms with Crippen LogP contribution >= 0.6 is 0 Å². The van der Waals surface area contributed by atoms with Gasteiger partial charge in [0.2, 0.25) is 29.5 Å². The third-order valence-corrected chi connectivity index (χ3v) is 8.90. The molecular weight excluding hydrogens is 724 g/mol. The maximum Gasteiger partial charge on any atom is 0.407 e. The number of carbonyl (C=O) groups excluding carboxylic acids is 7. The zero-order valence-electron chi connectivity index (χ0n) is 31.2. The van der Waals surface area contributed by atoms with Crippen LogP contribution in [0, 0.1) is 5.92 Å². The van der Waals surface area contributed by atoms with Gasteiger partial charge in [0.1, 0.15) is 25.2 Å². The molecular formula is C39H48N8O9. The fraction of sp³-hybridized carbons (Fsp3) is 0.359. The van der Waals surface area contributed by atoms with Crippen LogP contribution in [-0.4, -0.2) is 91.6 Å². The minimum absolute atomic E-state index is 0.0684. The lowest BCUT2D eigenvalue weighted by molar-refractivity contribution is -0.132. The molecule has 0 aromatic heterocycles. The topological polar surface area (TPSA) is 259 Å². The maximum atomic E-state index is 13.3. The number of hydrogen-bond donors (Lipinski definition) is 9. The van der Waals surface area contributed by atoms with E-state index in [2.05, 4.69) is 37.2 Å². The molecule has 2 unspecified atom stereocenters. The number of rotatable bonds is 19. The summed E-state index contributed by atoms with van der Waals surface area (Å²) in [5.41, 5.74) is 10.4. The summed E-state index contributed by atoms with van der Waals surface area (Å²) in [6.45, 7) is 1.96. The number of urea groups is 1. The van der Waals surface area contributed by atoms with E-state index in [-0.39, 0.29) is 38.5 Å². The van der Waals surface area contributed by atoms with Crippen molar-refractivity contribution in [2.75, 3.05) is 38.1 Å². The van der Waals surface area contributed by atoms with Crippen molar-refractivity contribution in [1.29, 1.82) is 0 Å². The van der Waals surface area contributed by atoms with E-state index in [4.69, 9.17) is 10.5 Å². The summed E-state index contributed by atoms with van der Waals surface area (Å²) < 4.78 is 5.41. The van der Waals surface area contributed by atoms with Crippen LogP contribution in [0.2, 0.25) is 0 Å². The normalized spacial score (nSPS) is 12.6. The molecule has 0 radical (unpaired) electrons. The first-order valence-corrected chi connectivity index (χ1v) is 18.1. The molecule has 2 atom stereocenters. The number of amides is 8. The summed E-state index contributed by atoms with van der Waals surface area (Å²) in [6.07, 6.45) is -0.390. The van der Waals surface area contributed by atoms with Gasteiger partial charge in [-0.25, -0.2) is 9.59 Å². The monoisotopic (exact) mass is 772 g/mol. The summed E-state index contributed by atoms with van der Waals surface area (Å²) >= 11 is 0. The van der Waals surface area contributed by atoms with Gasteiger partial charge in [-0.15, -0.1) is 0 Å². The molecule has 1 aliphatic carbocycles. The number of primary amides is 1. The average Bonchev–Trinajstić information content (AvgIpc) is 3.51. The molecule has 0 saturated carbocycles. The van der Waals surface area contributed by atoms with E-state index in [0.717, 1.165) is 22.3 Å². The molecule has 0 bridgehead atoms. The van der Waals surface area contributed by atoms with Gasteiger partial charge in [-0.05, 0) is 58.7 Å². The predicted octanol–water partition coefficient (Wildman–Crippen LogP) is 0.963. The second-order valence-corrected chi connectivity index (χ2v) is 13.4. The summed E-state index contributed by atoms with van der Waals surface area (Å²) in [7, 11) is 0. The maximum absolute atomic E-state index is 13.3. The first-order chi connectivity index (χ1) is 26.9. The number of anilines is 1. The minimum Gasteiger partial charge on any atom is -0.449 e. The highest BCUT2D eigenvalue weighted by molar-refractivity contribution is 5.99. The van der Waals surface area contributed by atoms with Gasteiger partial charge in [0.05, 0.1) is 19.7 Å². The van der Waals surface area contributed by atoms with Crippen LogP contribution in [-0.2, 0) is 35.3 Å². The van der Waals surface area contributed by atoms with Crippen molar-refractivity contribution < 1.29 is 43.4 Å². The third-order valence-electron chi connectivity index (χ3n) is 8.90. The van der Waals surface area contributed by atoms with Gasteiger partial charge < -0.3 is 52.8 Å². The van der Waals surface area contributed by atoms with Crippen molar-refractivity contribution in [1.82, 2.24) is 31.9 Å². The van der Waals surface area contributed by atoms with E-state index in [1.54, 1.807) is 38.1 Å². The first kappa shape index (κ1) is 42.3. The molecule has 4 rings (SSSR count). The molecule has 10 N–H and O–H groups in total. The number of hydrogen-bond acceptors (Lipinski definition) is 9. The lowest BCUT2D eigenvalue weighted by Gasteiger charge is -2.25. The fourth-order valence-corrected chi connectivity index (χ4v) is 6.01. The molecule has 3 aromatic rings. The van der Waals surface area contributed by atoms with Gasteiger partial charge in [0, 0.05) is 18.2 Å². The Morgan fingerprint density at radius 3 is 1.86 bits per heavy atom. The lowest BCUT2D eigenvalue weighted by atomic mass is 9.98. The summed E-state index contributed by atoms with van der Waals surface area (Å²) in [6, 6.07) is 19.3. The Bertz CT molecular complexity index is 1840. The largest absolute Gasteiger partial charge is 0.449 e. The molecule has 0 saturated heterocycles. The molecule has 17 nitrogen and oxygen atoms in total. The van der Waals surface area contributed by atoms with Crippen LogP contribution in [0.3, 0.4) is 0 Å². The van der Waals surface area contributed by atoms with E-state index in [9.17, 15) is 38.7 Å². The van der Waals surface area contributed by atoms with Crippen LogP contribution in [0.25, 0.3) is 11.1 Å². The number of nitrogens with two attached hydrogens (primary N) is 1. The zero-order chi connectivity index (χ0) is 40.6. The summed E-state index contributed by atoms with van der Waals surface area (Å²) in [4.78, 5) is 87.4. The van der Waals surface area contributed by atoms with Crippen LogP contribution in [0.15, 0.2) is 72.8 Å². The van der Waals surface area contributed by atoms with Crippen LogP contribution in [0.1, 0.15) is 49.3 Å². The lowest BCUT2D eigenvalue weighted by Crippen LogP contribution is -2.56. The summed E-state index contributed by atoms with van der Waals surface area (Å²) in [5, 5.41) is 26.7. The summed E-state index contributed by atoms with van der Waals surface area (Å²) in [5.74, 6) is -3.85. The van der Waals surface area contributed by atoms with Crippen molar-refractivity contribution >= 4 is 47.3 Å². The van der Waals surface area contributed by atoms with Crippen molar-refractivity contribution in [3.05, 3.63) is 89.5 Å². The second kappa shape index (κ2) is 20.8. The quantitative estimate of drug-likeness (QED) is 0.0786. The van der Waals surface area contributed by atoms with Gasteiger partial charge in [0.15, 0.2) is 0 Å². The Balaban J connectivity index is 1.18. The van der Waals surface area contributed by atoms with Crippen molar-refractivity contribution in [3.8, 4) is 11.1 Å². The van der Waals surface area contributed by atoms with Crippen molar-refractivity contribution in [2.24, 2.45) is 11.7 Å². The van der Waals surface area contributed by atoms with E-state index < -0.39 is 79.3 Å². The number of aliphatic hydroxyl groups excluding tert-OH is 1. The molecule has 0 aliphatic heterocycles. The smallest absolute Gasteiger partial charge is 0.407 e. The van der Waals surface area contributed by atoms with E-state index in [1.165, 1.54) is 0 Å². The molecule has 56 heavy (non-hydrogen) atoms. The first-order valence-electron chi connectivity index (χ1n) is 18.1. The van der Waals surface area contributed by atoms with Gasteiger partial charge in [-0.2, -0.15) is 0 Å². The standard InChI is InChI=1S/C39H48N8O9/c1-23(2)35(37(53)46-31(12-7-17-41-38(40)54)36(52)45-25-15-13-24(21-48)14-16-25)47-34(51)20-43-32(49)18-42-33(50)19-44-39(55)56-22-30-28-10-5-3-8-26(28)27-9-4-6-11-29(27)30/h3-6,8-11,13-16,23,30-31,35,48H,7,12,17-22H2,1-2H3,(H,42,50)(H,43,49)(H,44,55)(H,45,52)(H,46,53)(H,47,51)(H3,40,41,54). The Morgan fingerprint density at radius 2 is 1.29 bits per heavy atom. The molecule has 17 heteroatoms. The van der Waals surface area contributed by atoms with Gasteiger partial charge in [-0.3, -0.25) is 24.0 Å². The Labute approximate surface area is 323 Å². The van der Waals surface area contributed by atoms with Crippen molar-refractivity contribution in [3.63, 3.8) is 0 Å². The highest BCUT2D eigenvalue weighted by atomic mass is 16.5. The third kappa shape index (κ3) is 12.5. The zero-order valence-corrected chi connectivity index (χ0v) is 31.2. The number of ether oxygens (including phenoxy) is 1. The number of alkyl carbamates (subject to hydrolysis) is 1. The number of aliphatic hydroxyl groups is 1. The van der Waals surface area contributed by atoms with Crippen LogP contribution in [0.5, 0.6) is 0 Å². The van der Waals surface area contributed by atoms with Crippen LogP contribution < -0.4 is 43.0 Å². The predicted molar refractivity (Wildman–Crippen MR) is 206 cm³/mol. The van der Waals surface area contributed by atoms with E-state index >= 15 is 0 Å². The molecule has 8 amide bonds. The molecule has 298 valence electrons. The fourth-order valence-electron chi connectivity index (χ4n) is 6.01. The SMILES string of the molecule is CC(C)C(NC(=O)CNC(=O)CNC(=O)CNC(=O)OCC1c2ccccc2-c2ccccc21)C(=O)NC(CCCNC(N)=O)C(=O)Nc1ccc(CO)cc1. The Morgan fingerprint density at radius 1 is 0.714 bits per heavy atom. The molecule has 0 spiro atoms. The highest BCUT2D eigenvalue weighted by Crippen LogP contribution is 2.44. The average molecular weight is 773 g/mol. The van der Waals surface area contributed by atoms with Gasteiger partial charge in [0.25, 0.3) is 0 Å². The number of nitrogens with one attached hydrogen (secondary N) is 7.